The molecular formula is C15H20N4OS2. The van der Waals surface area contributed by atoms with Gasteiger partial charge in [0.15, 0.2) is 5.13 Å². The van der Waals surface area contributed by atoms with Crippen molar-refractivity contribution in [3.63, 3.8) is 0 Å². The molecule has 0 atom stereocenters. The molecule has 0 N–H and O–H groups in total. The molecule has 0 spiro atoms. The quantitative estimate of drug-likeness (QED) is 0.861. The minimum absolute atomic E-state index is 0.180. The zero-order valence-electron chi connectivity index (χ0n) is 12.9. The Balaban J connectivity index is 1.53. The Hall–Kier alpha value is -1.47. The maximum Gasteiger partial charge on any atom is 0.228 e. The maximum atomic E-state index is 12.4. The van der Waals surface area contributed by atoms with Crippen molar-refractivity contribution >= 4 is 33.7 Å². The molecule has 5 nitrogen and oxygen atoms in total. The molecule has 0 radical (unpaired) electrons. The van der Waals surface area contributed by atoms with E-state index in [1.807, 2.05) is 21.9 Å². The van der Waals surface area contributed by atoms with Gasteiger partial charge in [0.05, 0.1) is 17.1 Å². The molecule has 1 saturated heterocycles. The van der Waals surface area contributed by atoms with E-state index in [4.69, 9.17) is 0 Å². The number of carbonyl (C=O) groups is 1. The smallest absolute Gasteiger partial charge is 0.228 e. The Bertz CT molecular complexity index is 615. The van der Waals surface area contributed by atoms with E-state index in [9.17, 15) is 4.79 Å². The zero-order valence-corrected chi connectivity index (χ0v) is 14.5. The van der Waals surface area contributed by atoms with Crippen LogP contribution in [-0.2, 0) is 11.2 Å². The second-order valence-electron chi connectivity index (χ2n) is 5.69. The van der Waals surface area contributed by atoms with Gasteiger partial charge in [-0.05, 0) is 0 Å². The fourth-order valence-corrected chi connectivity index (χ4v) is 3.99. The Morgan fingerprint density at radius 2 is 2.05 bits per heavy atom. The molecule has 2 aromatic rings. The molecule has 7 heteroatoms. The third-order valence-electron chi connectivity index (χ3n) is 3.72. The molecular weight excluding hydrogens is 316 g/mol. The third-order valence-corrected chi connectivity index (χ3v) is 5.74. The molecule has 3 heterocycles. The van der Waals surface area contributed by atoms with Crippen molar-refractivity contribution in [2.75, 3.05) is 31.1 Å². The van der Waals surface area contributed by atoms with Crippen LogP contribution in [0.3, 0.4) is 0 Å². The molecule has 2 aromatic heterocycles. The summed E-state index contributed by atoms with van der Waals surface area (Å²) in [5.41, 5.74) is 0.904. The maximum absolute atomic E-state index is 12.4. The summed E-state index contributed by atoms with van der Waals surface area (Å²) in [5.74, 6) is 0.607. The third kappa shape index (κ3) is 3.47. The number of carbonyl (C=O) groups excluding carboxylic acids is 1. The highest BCUT2D eigenvalue weighted by molar-refractivity contribution is 7.13. The molecule has 0 aliphatic carbocycles. The summed E-state index contributed by atoms with van der Waals surface area (Å²) in [6, 6.07) is 0. The fraction of sp³-hybridized carbons (Fsp3) is 0.533. The monoisotopic (exact) mass is 336 g/mol. The van der Waals surface area contributed by atoms with Gasteiger partial charge in [0.2, 0.25) is 5.91 Å². The van der Waals surface area contributed by atoms with Gasteiger partial charge in [-0.3, -0.25) is 4.79 Å². The van der Waals surface area contributed by atoms with Gasteiger partial charge in [-0.25, -0.2) is 9.97 Å². The van der Waals surface area contributed by atoms with Gasteiger partial charge in [-0.15, -0.1) is 22.7 Å². The van der Waals surface area contributed by atoms with Crippen LogP contribution in [0.15, 0.2) is 17.0 Å². The molecule has 118 valence electrons. The molecule has 1 amide bonds. The van der Waals surface area contributed by atoms with Crippen molar-refractivity contribution in [2.45, 2.75) is 26.2 Å². The number of anilines is 1. The first kappa shape index (κ1) is 15.4. The zero-order chi connectivity index (χ0) is 15.5. The van der Waals surface area contributed by atoms with Crippen LogP contribution in [-0.4, -0.2) is 47.0 Å². The lowest BCUT2D eigenvalue weighted by atomic mass is 10.2. The van der Waals surface area contributed by atoms with Crippen molar-refractivity contribution in [1.29, 1.82) is 0 Å². The second kappa shape index (κ2) is 6.75. The van der Waals surface area contributed by atoms with E-state index in [1.165, 1.54) is 0 Å². The lowest BCUT2D eigenvalue weighted by Crippen LogP contribution is -2.49. The summed E-state index contributed by atoms with van der Waals surface area (Å²) in [5, 5.41) is 6.16. The van der Waals surface area contributed by atoms with Gasteiger partial charge in [0, 0.05) is 49.1 Å². The summed E-state index contributed by atoms with van der Waals surface area (Å²) in [6.45, 7) is 7.49. The summed E-state index contributed by atoms with van der Waals surface area (Å²) in [4.78, 5) is 25.5. The number of piperazine rings is 1. The number of thiazole rings is 2. The summed E-state index contributed by atoms with van der Waals surface area (Å²) < 4.78 is 0. The largest absolute Gasteiger partial charge is 0.345 e. The van der Waals surface area contributed by atoms with E-state index >= 15 is 0 Å². The first-order valence-electron chi connectivity index (χ1n) is 7.50. The standard InChI is InChI=1S/C15H20N4OS2/c1-11(2)14-17-12(10-22-14)9-13(20)18-4-6-19(7-5-18)15-16-3-8-21-15/h3,8,10-11H,4-7,9H2,1-2H3. The van der Waals surface area contributed by atoms with Crippen LogP contribution in [0.1, 0.15) is 30.5 Å². The van der Waals surface area contributed by atoms with Crippen LogP contribution in [0.2, 0.25) is 0 Å². The van der Waals surface area contributed by atoms with Gasteiger partial charge in [-0.1, -0.05) is 13.8 Å². The minimum Gasteiger partial charge on any atom is -0.345 e. The molecule has 0 bridgehead atoms. The normalized spacial score (nSPS) is 15.6. The van der Waals surface area contributed by atoms with E-state index in [2.05, 4.69) is 28.7 Å². The Kier molecular flexibility index (Phi) is 4.73. The highest BCUT2D eigenvalue weighted by atomic mass is 32.1. The van der Waals surface area contributed by atoms with Crippen LogP contribution >= 0.6 is 22.7 Å². The van der Waals surface area contributed by atoms with E-state index in [-0.39, 0.29) is 5.91 Å². The lowest BCUT2D eigenvalue weighted by molar-refractivity contribution is -0.130. The fourth-order valence-electron chi connectivity index (χ4n) is 2.45. The van der Waals surface area contributed by atoms with Crippen molar-refractivity contribution in [3.8, 4) is 0 Å². The van der Waals surface area contributed by atoms with Crippen molar-refractivity contribution in [3.05, 3.63) is 27.7 Å². The number of rotatable bonds is 4. The highest BCUT2D eigenvalue weighted by Gasteiger charge is 2.23. The van der Waals surface area contributed by atoms with Crippen LogP contribution in [0.4, 0.5) is 5.13 Å². The lowest BCUT2D eigenvalue weighted by Gasteiger charge is -2.34. The predicted octanol–water partition coefficient (Wildman–Crippen LogP) is 2.61. The average molecular weight is 336 g/mol. The summed E-state index contributed by atoms with van der Waals surface area (Å²) >= 11 is 3.30. The first-order valence-corrected chi connectivity index (χ1v) is 9.26. The minimum atomic E-state index is 0.180. The molecule has 0 aromatic carbocycles. The number of hydrogen-bond donors (Lipinski definition) is 0. The van der Waals surface area contributed by atoms with Crippen molar-refractivity contribution in [2.24, 2.45) is 0 Å². The first-order chi connectivity index (χ1) is 10.6. The topological polar surface area (TPSA) is 49.3 Å². The average Bonchev–Trinajstić information content (AvgIpc) is 3.19. The van der Waals surface area contributed by atoms with Crippen LogP contribution in [0.5, 0.6) is 0 Å². The van der Waals surface area contributed by atoms with Gasteiger partial charge < -0.3 is 9.80 Å². The van der Waals surface area contributed by atoms with Crippen molar-refractivity contribution < 1.29 is 4.79 Å². The van der Waals surface area contributed by atoms with Gasteiger partial charge >= 0.3 is 0 Å². The van der Waals surface area contributed by atoms with Gasteiger partial charge in [0.1, 0.15) is 0 Å². The number of nitrogens with zero attached hydrogens (tertiary/aromatic N) is 4. The van der Waals surface area contributed by atoms with Crippen molar-refractivity contribution in [1.82, 2.24) is 14.9 Å². The molecule has 1 aliphatic rings. The van der Waals surface area contributed by atoms with E-state index in [1.54, 1.807) is 22.7 Å². The summed E-state index contributed by atoms with van der Waals surface area (Å²) in [6.07, 6.45) is 2.24. The van der Waals surface area contributed by atoms with E-state index < -0.39 is 0 Å². The van der Waals surface area contributed by atoms with Gasteiger partial charge in [-0.2, -0.15) is 0 Å². The van der Waals surface area contributed by atoms with E-state index in [0.29, 0.717) is 12.3 Å². The number of amides is 1. The molecule has 1 aliphatic heterocycles. The molecule has 22 heavy (non-hydrogen) atoms. The van der Waals surface area contributed by atoms with Gasteiger partial charge in [0.25, 0.3) is 0 Å². The molecule has 0 unspecified atom stereocenters. The highest BCUT2D eigenvalue weighted by Crippen LogP contribution is 2.21. The molecule has 1 fully saturated rings. The Morgan fingerprint density at radius 1 is 1.27 bits per heavy atom. The Labute approximate surface area is 138 Å². The molecule has 0 saturated carbocycles. The summed E-state index contributed by atoms with van der Waals surface area (Å²) in [7, 11) is 0. The number of aromatic nitrogens is 2. The van der Waals surface area contributed by atoms with Crippen LogP contribution in [0.25, 0.3) is 0 Å². The Morgan fingerprint density at radius 3 is 2.64 bits per heavy atom. The SMILES string of the molecule is CC(C)c1nc(CC(=O)N2CCN(c3nccs3)CC2)cs1. The van der Waals surface area contributed by atoms with E-state index in [0.717, 1.165) is 42.0 Å². The van der Waals surface area contributed by atoms with Crippen LogP contribution < -0.4 is 4.90 Å². The number of hydrogen-bond acceptors (Lipinski definition) is 6. The van der Waals surface area contributed by atoms with Crippen LogP contribution in [0, 0.1) is 0 Å². The predicted molar refractivity (Wildman–Crippen MR) is 90.8 cm³/mol. The second-order valence-corrected chi connectivity index (χ2v) is 7.45. The molecule has 3 rings (SSSR count).